The molecule has 0 spiro atoms. The Balaban J connectivity index is 4.85. The van der Waals surface area contributed by atoms with Gasteiger partial charge in [0, 0.05) is 20.0 Å². The van der Waals surface area contributed by atoms with Gasteiger partial charge in [0.15, 0.2) is 5.96 Å². The molecule has 9 nitrogen and oxygen atoms in total. The summed E-state index contributed by atoms with van der Waals surface area (Å²) in [6, 6.07) is -0.794. The lowest BCUT2D eigenvalue weighted by Gasteiger charge is -2.24. The second-order valence-corrected chi connectivity index (χ2v) is 6.45. The lowest BCUT2D eigenvalue weighted by Crippen LogP contribution is -2.54. The minimum Gasteiger partial charge on any atom is -0.426 e. The Morgan fingerprint density at radius 3 is 2.46 bits per heavy atom. The van der Waals surface area contributed by atoms with E-state index in [2.05, 4.69) is 27.5 Å². The molecule has 10 heteroatoms. The van der Waals surface area contributed by atoms with Crippen LogP contribution in [0.1, 0.15) is 39.5 Å². The van der Waals surface area contributed by atoms with E-state index in [-0.39, 0.29) is 18.2 Å². The Morgan fingerprint density at radius 2 is 1.96 bits per heavy atom. The maximum atomic E-state index is 12.5. The Kier molecular flexibility index (Phi) is 12.1. The smallest absolute Gasteiger partial charge is 0.426 e. The van der Waals surface area contributed by atoms with Gasteiger partial charge in [0.1, 0.15) is 6.04 Å². The van der Waals surface area contributed by atoms with E-state index in [0.717, 1.165) is 0 Å². The summed E-state index contributed by atoms with van der Waals surface area (Å²) in [5.41, 5.74) is 5.54. The van der Waals surface area contributed by atoms with E-state index in [1.54, 1.807) is 7.05 Å². The second kappa shape index (κ2) is 13.2. The highest BCUT2D eigenvalue weighted by Gasteiger charge is 2.29. The fraction of sp³-hybridized carbons (Fsp3) is 0.688. The summed E-state index contributed by atoms with van der Waals surface area (Å²) in [4.78, 5) is 28.1. The zero-order valence-electron chi connectivity index (χ0n) is 15.9. The van der Waals surface area contributed by atoms with Crippen molar-refractivity contribution < 1.29 is 19.6 Å². The first kappa shape index (κ1) is 23.9. The predicted octanol–water partition coefficient (Wildman–Crippen LogP) is -1.10. The zero-order valence-corrected chi connectivity index (χ0v) is 15.9. The molecule has 0 fully saturated rings. The third-order valence-corrected chi connectivity index (χ3v) is 3.61. The van der Waals surface area contributed by atoms with Gasteiger partial charge in [0.05, 0.1) is 5.94 Å². The van der Waals surface area contributed by atoms with E-state index < -0.39 is 25.0 Å². The number of guanidine groups is 1. The van der Waals surface area contributed by atoms with Gasteiger partial charge < -0.3 is 31.7 Å². The third kappa shape index (κ3) is 10.7. The highest BCUT2D eigenvalue weighted by Crippen LogP contribution is 2.07. The minimum absolute atomic E-state index is 0.0928. The van der Waals surface area contributed by atoms with Crippen LogP contribution in [-0.2, 0) is 9.59 Å². The predicted molar refractivity (Wildman–Crippen MR) is 103 cm³/mol. The second-order valence-electron chi connectivity index (χ2n) is 6.45. The summed E-state index contributed by atoms with van der Waals surface area (Å²) in [7, 11) is -0.114. The molecule has 0 radical (unpaired) electrons. The van der Waals surface area contributed by atoms with E-state index >= 15 is 0 Å². The van der Waals surface area contributed by atoms with Gasteiger partial charge in [0.25, 0.3) is 0 Å². The van der Waals surface area contributed by atoms with Crippen LogP contribution in [0.3, 0.4) is 0 Å². The quantitative estimate of drug-likeness (QED) is 0.0846. The van der Waals surface area contributed by atoms with Crippen LogP contribution in [0.5, 0.6) is 0 Å². The van der Waals surface area contributed by atoms with Crippen molar-refractivity contribution in [3.05, 3.63) is 12.7 Å². The van der Waals surface area contributed by atoms with Gasteiger partial charge in [0.2, 0.25) is 11.8 Å². The molecular weight excluding hydrogens is 337 g/mol. The van der Waals surface area contributed by atoms with Gasteiger partial charge in [-0.1, -0.05) is 19.9 Å². The standard InChI is InChI=1S/C16H32BN5O4/c1-5-7-14(23)21-12(8-6-9-20-16(18)19-4)15(24)22-13(17(25)26)10-11(2)3/h5,11-13,25-26H,1,6-10H2,2-4H3,(H,21,23)(H,22,24)(H3,18,19,20)/t12-,13-/m0/s1. The van der Waals surface area contributed by atoms with Gasteiger partial charge in [-0.25, -0.2) is 0 Å². The molecule has 7 N–H and O–H groups in total. The van der Waals surface area contributed by atoms with Crippen LogP contribution in [0.2, 0.25) is 0 Å². The van der Waals surface area contributed by atoms with Crippen molar-refractivity contribution in [1.29, 1.82) is 0 Å². The van der Waals surface area contributed by atoms with Gasteiger partial charge in [-0.15, -0.1) is 6.58 Å². The molecule has 148 valence electrons. The maximum absolute atomic E-state index is 12.5. The fourth-order valence-electron chi connectivity index (χ4n) is 2.30. The van der Waals surface area contributed by atoms with Crippen molar-refractivity contribution in [2.75, 3.05) is 13.6 Å². The van der Waals surface area contributed by atoms with E-state index in [1.165, 1.54) is 6.08 Å². The molecule has 0 saturated heterocycles. The lowest BCUT2D eigenvalue weighted by atomic mass is 9.75. The molecule has 0 unspecified atom stereocenters. The van der Waals surface area contributed by atoms with Gasteiger partial charge >= 0.3 is 7.12 Å². The van der Waals surface area contributed by atoms with Crippen molar-refractivity contribution in [2.24, 2.45) is 16.6 Å². The highest BCUT2D eigenvalue weighted by atomic mass is 16.4. The van der Waals surface area contributed by atoms with Crippen LogP contribution in [0.15, 0.2) is 17.6 Å². The first-order valence-corrected chi connectivity index (χ1v) is 8.74. The topological polar surface area (TPSA) is 149 Å². The number of hydrogen-bond acceptors (Lipinski definition) is 5. The number of carbonyl (C=O) groups excluding carboxylic acids is 2. The molecule has 0 bridgehead atoms. The van der Waals surface area contributed by atoms with Crippen LogP contribution >= 0.6 is 0 Å². The molecule has 26 heavy (non-hydrogen) atoms. The summed E-state index contributed by atoms with van der Waals surface area (Å²) < 4.78 is 0. The van der Waals surface area contributed by atoms with E-state index in [4.69, 9.17) is 5.73 Å². The van der Waals surface area contributed by atoms with E-state index in [9.17, 15) is 19.6 Å². The molecule has 0 aliphatic rings. The summed E-state index contributed by atoms with van der Waals surface area (Å²) in [6.07, 6.45) is 2.86. The van der Waals surface area contributed by atoms with Gasteiger partial charge in [-0.2, -0.15) is 0 Å². The number of nitrogens with zero attached hydrogens (tertiary/aromatic N) is 1. The molecule has 0 aliphatic carbocycles. The molecule has 0 aromatic carbocycles. The molecule has 2 atom stereocenters. The van der Waals surface area contributed by atoms with Crippen LogP contribution in [0.4, 0.5) is 0 Å². The molecule has 0 saturated carbocycles. The van der Waals surface area contributed by atoms with Gasteiger partial charge in [-0.3, -0.25) is 14.6 Å². The average molecular weight is 369 g/mol. The minimum atomic E-state index is -1.67. The third-order valence-electron chi connectivity index (χ3n) is 3.61. The molecule has 0 heterocycles. The maximum Gasteiger partial charge on any atom is 0.475 e. The summed E-state index contributed by atoms with van der Waals surface area (Å²) in [5.74, 6) is -1.13. The summed E-state index contributed by atoms with van der Waals surface area (Å²) in [5, 5.41) is 27.1. The van der Waals surface area contributed by atoms with Crippen molar-refractivity contribution in [3.63, 3.8) is 0 Å². The molecular formula is C16H32BN5O4. The van der Waals surface area contributed by atoms with Crippen LogP contribution in [0, 0.1) is 5.92 Å². The lowest BCUT2D eigenvalue weighted by molar-refractivity contribution is -0.129. The monoisotopic (exact) mass is 369 g/mol. The fourth-order valence-corrected chi connectivity index (χ4v) is 2.30. The summed E-state index contributed by atoms with van der Waals surface area (Å²) in [6.45, 7) is 7.81. The number of carbonyl (C=O) groups is 2. The van der Waals surface area contributed by atoms with Crippen LogP contribution in [0.25, 0.3) is 0 Å². The number of nitrogens with two attached hydrogens (primary N) is 1. The zero-order chi connectivity index (χ0) is 20.1. The van der Waals surface area contributed by atoms with Crippen LogP contribution in [-0.4, -0.2) is 60.5 Å². The Morgan fingerprint density at radius 1 is 1.31 bits per heavy atom. The highest BCUT2D eigenvalue weighted by molar-refractivity contribution is 6.43. The molecule has 0 aromatic heterocycles. The van der Waals surface area contributed by atoms with Gasteiger partial charge in [-0.05, 0) is 25.2 Å². The van der Waals surface area contributed by atoms with E-state index in [0.29, 0.717) is 31.8 Å². The van der Waals surface area contributed by atoms with Crippen molar-refractivity contribution in [1.82, 2.24) is 16.0 Å². The molecule has 2 amide bonds. The van der Waals surface area contributed by atoms with Crippen LogP contribution < -0.4 is 21.7 Å². The molecule has 0 aromatic rings. The first-order valence-electron chi connectivity index (χ1n) is 8.74. The summed E-state index contributed by atoms with van der Waals surface area (Å²) >= 11 is 0. The number of aliphatic imine (C=N–C) groups is 1. The largest absolute Gasteiger partial charge is 0.475 e. The Hall–Kier alpha value is -2.07. The normalized spacial score (nSPS) is 13.7. The average Bonchev–Trinajstić information content (AvgIpc) is 2.56. The Bertz CT molecular complexity index is 485. The Labute approximate surface area is 155 Å². The molecule has 0 rings (SSSR count). The number of hydrogen-bond donors (Lipinski definition) is 6. The number of amides is 2. The first-order chi connectivity index (χ1) is 12.2. The van der Waals surface area contributed by atoms with Crippen molar-refractivity contribution >= 4 is 24.9 Å². The number of nitrogens with one attached hydrogen (secondary N) is 3. The SMILES string of the molecule is C=CCC(=O)N[C@@H](CCCNC(N)=NC)C(=O)N[C@@H](CC(C)C)B(O)O. The number of rotatable bonds is 12. The van der Waals surface area contributed by atoms with Crippen molar-refractivity contribution in [3.8, 4) is 0 Å². The molecule has 0 aliphatic heterocycles. The van der Waals surface area contributed by atoms with E-state index in [1.807, 2.05) is 13.8 Å². The van der Waals surface area contributed by atoms with Crippen molar-refractivity contribution in [2.45, 2.75) is 51.5 Å².